The quantitative estimate of drug-likeness (QED) is 0.811. The van der Waals surface area contributed by atoms with E-state index in [-0.39, 0.29) is 11.9 Å². The largest absolute Gasteiger partial charge is 0.354 e. The summed E-state index contributed by atoms with van der Waals surface area (Å²) in [5.74, 6) is 0.349. The van der Waals surface area contributed by atoms with Crippen LogP contribution in [-0.4, -0.2) is 19.0 Å². The Morgan fingerprint density at radius 1 is 1.04 bits per heavy atom. The molecule has 2 aromatic carbocycles. The van der Waals surface area contributed by atoms with E-state index in [1.165, 1.54) is 22.3 Å². The lowest BCUT2D eigenvalue weighted by Gasteiger charge is -2.18. The minimum atomic E-state index is 0.0370. The third-order valence-corrected chi connectivity index (χ3v) is 4.44. The van der Waals surface area contributed by atoms with E-state index in [0.29, 0.717) is 19.0 Å². The fourth-order valence-corrected chi connectivity index (χ4v) is 2.81. The van der Waals surface area contributed by atoms with Gasteiger partial charge in [0.1, 0.15) is 0 Å². The maximum absolute atomic E-state index is 12.1. The van der Waals surface area contributed by atoms with E-state index in [0.717, 1.165) is 0 Å². The Balaban J connectivity index is 1.79. The van der Waals surface area contributed by atoms with Gasteiger partial charge < -0.3 is 10.6 Å². The molecule has 3 heteroatoms. The van der Waals surface area contributed by atoms with E-state index < -0.39 is 0 Å². The fraction of sp³-hybridized carbons (Fsp3) is 0.381. The summed E-state index contributed by atoms with van der Waals surface area (Å²) < 4.78 is 0. The number of amides is 1. The van der Waals surface area contributed by atoms with Crippen molar-refractivity contribution in [1.82, 2.24) is 10.6 Å². The third kappa shape index (κ3) is 5.20. The van der Waals surface area contributed by atoms with Crippen molar-refractivity contribution in [2.75, 3.05) is 13.1 Å². The number of hydrogen-bond acceptors (Lipinski definition) is 2. The first-order valence-corrected chi connectivity index (χ1v) is 8.59. The number of hydrogen-bond donors (Lipinski definition) is 2. The van der Waals surface area contributed by atoms with Crippen molar-refractivity contribution in [3.63, 3.8) is 0 Å². The molecule has 2 rings (SSSR count). The van der Waals surface area contributed by atoms with Crippen molar-refractivity contribution in [2.45, 2.75) is 39.7 Å². The summed E-state index contributed by atoms with van der Waals surface area (Å²) in [6, 6.07) is 16.8. The van der Waals surface area contributed by atoms with Crippen LogP contribution in [0.1, 0.15) is 48.1 Å². The highest BCUT2D eigenvalue weighted by molar-refractivity contribution is 5.78. The predicted molar refractivity (Wildman–Crippen MR) is 100 cm³/mol. The molecular weight excluding hydrogens is 296 g/mol. The van der Waals surface area contributed by atoms with Gasteiger partial charge in [-0.15, -0.1) is 0 Å². The molecule has 1 amide bonds. The number of aryl methyl sites for hydroxylation is 2. The Morgan fingerprint density at radius 2 is 1.75 bits per heavy atom. The second-order valence-corrected chi connectivity index (χ2v) is 6.58. The monoisotopic (exact) mass is 324 g/mol. The highest BCUT2D eigenvalue weighted by atomic mass is 16.1. The van der Waals surface area contributed by atoms with Crippen LogP contribution in [0.15, 0.2) is 48.5 Å². The van der Waals surface area contributed by atoms with Crippen LogP contribution in [-0.2, 0) is 4.79 Å². The molecule has 0 heterocycles. The summed E-state index contributed by atoms with van der Waals surface area (Å²) in [5.41, 5.74) is 4.99. The van der Waals surface area contributed by atoms with Crippen molar-refractivity contribution < 1.29 is 4.79 Å². The van der Waals surface area contributed by atoms with Gasteiger partial charge in [0, 0.05) is 12.6 Å². The summed E-state index contributed by atoms with van der Waals surface area (Å²) in [5, 5.41) is 6.33. The lowest BCUT2D eigenvalue weighted by atomic mass is 10.00. The van der Waals surface area contributed by atoms with Crippen molar-refractivity contribution in [2.24, 2.45) is 0 Å². The second kappa shape index (κ2) is 8.65. The Labute approximate surface area is 145 Å². The third-order valence-electron chi connectivity index (χ3n) is 4.44. The first-order chi connectivity index (χ1) is 11.5. The molecule has 3 nitrogen and oxygen atoms in total. The van der Waals surface area contributed by atoms with Gasteiger partial charge >= 0.3 is 0 Å². The number of carbonyl (C=O) groups is 1. The molecule has 0 spiro atoms. The zero-order valence-electron chi connectivity index (χ0n) is 15.1. The maximum atomic E-state index is 12.1. The molecule has 128 valence electrons. The predicted octanol–water partition coefficient (Wildman–Crippen LogP) is 3.87. The molecule has 0 fully saturated rings. The molecule has 2 N–H and O–H groups in total. The second-order valence-electron chi connectivity index (χ2n) is 6.58. The van der Waals surface area contributed by atoms with Crippen LogP contribution >= 0.6 is 0 Å². The zero-order valence-corrected chi connectivity index (χ0v) is 15.1. The average Bonchev–Trinajstić information content (AvgIpc) is 2.60. The van der Waals surface area contributed by atoms with E-state index in [1.807, 2.05) is 18.2 Å². The van der Waals surface area contributed by atoms with Crippen molar-refractivity contribution >= 4 is 5.91 Å². The van der Waals surface area contributed by atoms with Gasteiger partial charge in [-0.3, -0.25) is 4.79 Å². The number of rotatable bonds is 7. The highest BCUT2D eigenvalue weighted by Crippen LogP contribution is 2.18. The average molecular weight is 324 g/mol. The van der Waals surface area contributed by atoms with Crippen molar-refractivity contribution in [3.8, 4) is 0 Å². The smallest absolute Gasteiger partial charge is 0.233 e. The highest BCUT2D eigenvalue weighted by Gasteiger charge is 2.11. The van der Waals surface area contributed by atoms with Crippen LogP contribution in [0.2, 0.25) is 0 Å². The molecule has 0 saturated carbocycles. The summed E-state index contributed by atoms with van der Waals surface area (Å²) in [6.07, 6.45) is 0. The van der Waals surface area contributed by atoms with E-state index in [9.17, 15) is 4.79 Å². The van der Waals surface area contributed by atoms with Gasteiger partial charge in [-0.1, -0.05) is 61.0 Å². The summed E-state index contributed by atoms with van der Waals surface area (Å²) >= 11 is 0. The van der Waals surface area contributed by atoms with Crippen LogP contribution in [0, 0.1) is 13.8 Å². The molecule has 2 aromatic rings. The molecule has 0 saturated heterocycles. The Morgan fingerprint density at radius 3 is 2.46 bits per heavy atom. The van der Waals surface area contributed by atoms with Crippen molar-refractivity contribution in [1.29, 1.82) is 0 Å². The number of nitrogens with one attached hydrogen (secondary N) is 2. The minimum Gasteiger partial charge on any atom is -0.354 e. The Hall–Kier alpha value is -2.13. The van der Waals surface area contributed by atoms with Gasteiger partial charge in [-0.2, -0.15) is 0 Å². The van der Waals surface area contributed by atoms with E-state index in [1.54, 1.807) is 0 Å². The van der Waals surface area contributed by atoms with Crippen LogP contribution < -0.4 is 10.6 Å². The molecule has 0 aromatic heterocycles. The van der Waals surface area contributed by atoms with Crippen LogP contribution in [0.3, 0.4) is 0 Å². The van der Waals surface area contributed by atoms with Gasteiger partial charge in [0.2, 0.25) is 5.91 Å². The Kier molecular flexibility index (Phi) is 6.56. The molecule has 0 aliphatic rings. The fourth-order valence-electron chi connectivity index (χ4n) is 2.81. The van der Waals surface area contributed by atoms with Gasteiger partial charge in [0.15, 0.2) is 0 Å². The van der Waals surface area contributed by atoms with Crippen LogP contribution in [0.5, 0.6) is 0 Å². The lowest BCUT2D eigenvalue weighted by molar-refractivity contribution is -0.120. The van der Waals surface area contributed by atoms with Crippen LogP contribution in [0.4, 0.5) is 0 Å². The zero-order chi connectivity index (χ0) is 17.5. The molecular formula is C21H28N2O. The topological polar surface area (TPSA) is 41.1 Å². The molecule has 0 aliphatic carbocycles. The first-order valence-electron chi connectivity index (χ1n) is 8.59. The molecule has 0 aliphatic heterocycles. The summed E-state index contributed by atoms with van der Waals surface area (Å²) in [6.45, 7) is 9.41. The van der Waals surface area contributed by atoms with Gasteiger partial charge in [-0.05, 0) is 43.4 Å². The SMILES string of the molecule is Cc1ccc(C)c([C@H](C)NCC(=O)NC[C@@H](C)c2ccccc2)c1. The van der Waals surface area contributed by atoms with Gasteiger partial charge in [-0.25, -0.2) is 0 Å². The molecule has 0 radical (unpaired) electrons. The summed E-state index contributed by atoms with van der Waals surface area (Å²) in [4.78, 5) is 12.1. The van der Waals surface area contributed by atoms with Crippen molar-refractivity contribution in [3.05, 3.63) is 70.8 Å². The van der Waals surface area contributed by atoms with Gasteiger partial charge in [0.05, 0.1) is 6.54 Å². The van der Waals surface area contributed by atoms with E-state index >= 15 is 0 Å². The number of carbonyl (C=O) groups excluding carboxylic acids is 1. The Bertz CT molecular complexity index is 667. The lowest BCUT2D eigenvalue weighted by Crippen LogP contribution is -2.36. The maximum Gasteiger partial charge on any atom is 0.233 e. The standard InChI is InChI=1S/C21H28N2O/c1-15-10-11-16(2)20(12-15)18(4)22-14-21(24)23-13-17(3)19-8-6-5-7-9-19/h5-12,17-18,22H,13-14H2,1-4H3,(H,23,24)/t17-,18+/m1/s1. The van der Waals surface area contributed by atoms with Crippen LogP contribution in [0.25, 0.3) is 0 Å². The molecule has 24 heavy (non-hydrogen) atoms. The minimum absolute atomic E-state index is 0.0370. The first kappa shape index (κ1) is 18.2. The summed E-state index contributed by atoms with van der Waals surface area (Å²) in [7, 11) is 0. The molecule has 0 unspecified atom stereocenters. The van der Waals surface area contributed by atoms with Gasteiger partial charge in [0.25, 0.3) is 0 Å². The number of benzene rings is 2. The van der Waals surface area contributed by atoms with E-state index in [4.69, 9.17) is 0 Å². The van der Waals surface area contributed by atoms with E-state index in [2.05, 4.69) is 68.7 Å². The molecule has 0 bridgehead atoms. The molecule has 2 atom stereocenters. The normalized spacial score (nSPS) is 13.3.